The highest BCUT2D eigenvalue weighted by Gasteiger charge is 2.23. The first-order valence-electron chi connectivity index (χ1n) is 20.4. The molecule has 1 aliphatic rings. The largest absolute Gasteiger partial charge is 0.505 e. The summed E-state index contributed by atoms with van der Waals surface area (Å²) in [7, 11) is -13.8. The van der Waals surface area contributed by atoms with Gasteiger partial charge in [0.2, 0.25) is 11.9 Å². The molecule has 1 heterocycles. The topological polar surface area (TPSA) is 355 Å². The third-order valence-electron chi connectivity index (χ3n) is 10.4. The van der Waals surface area contributed by atoms with E-state index >= 15 is 0 Å². The summed E-state index contributed by atoms with van der Waals surface area (Å²) in [5.41, 5.74) is 4.05. The Kier molecular flexibility index (Phi) is 15.8. The number of anilines is 5. The Bertz CT molecular complexity index is 3310. The van der Waals surface area contributed by atoms with Crippen molar-refractivity contribution in [1.29, 1.82) is 0 Å². The first-order valence-corrected chi connectivity index (χ1v) is 25.6. The monoisotopic (exact) mass is 1030 g/mol. The molecule has 24 nitrogen and oxygen atoms in total. The summed E-state index contributed by atoms with van der Waals surface area (Å²) in [5.74, 6) is -0.817. The van der Waals surface area contributed by atoms with Crippen LogP contribution < -0.4 is 16.0 Å². The Hall–Kier alpha value is -6.31. The van der Waals surface area contributed by atoms with Crippen LogP contribution in [-0.4, -0.2) is 90.3 Å². The summed E-state index contributed by atoms with van der Waals surface area (Å²) in [6.07, 6.45) is 4.16. The quantitative estimate of drug-likeness (QED) is 0.0117. The van der Waals surface area contributed by atoms with E-state index in [1.54, 1.807) is 32.0 Å². The fourth-order valence-corrected chi connectivity index (χ4v) is 9.77. The number of aryl methyl sites for hydroxylation is 4. The number of sulfone groups is 1. The van der Waals surface area contributed by atoms with Crippen molar-refractivity contribution >= 4 is 105 Å². The normalized spacial score (nSPS) is 13.3. The van der Waals surface area contributed by atoms with Crippen molar-refractivity contribution in [2.45, 2.75) is 54.2 Å². The summed E-state index contributed by atoms with van der Waals surface area (Å²) in [5, 5.41) is 60.7. The minimum Gasteiger partial charge on any atom is -0.505 e. The standard InChI is InChI=1S/C41H42N10O14S4/c1-23-31-20-36(66-65-64-54)38(51-49-28-8-7-25-5-3-4-6-26(25)19-28)39(53)30(31)13-14-32(23)45-40-43-24(2)44-41(47-40)46-33-21-35(42-15-16-52)37(68(57,58)59)22-34(33)50-48-27-9-11-29(12-10-27)67(55,56)18-17-63-69(60,61)62/h7-14,19-22,42,52-54H,3-6,15-18H2,1-2H3,(H,57,58,59)(H,60,61,62)(H2,43,44,45,46,47). The van der Waals surface area contributed by atoms with Crippen LogP contribution in [0.25, 0.3) is 10.8 Å². The molecule has 0 unspecified atom stereocenters. The van der Waals surface area contributed by atoms with E-state index in [9.17, 15) is 40.0 Å². The average molecular weight is 1030 g/mol. The van der Waals surface area contributed by atoms with Crippen LogP contribution in [0.15, 0.2) is 108 Å². The van der Waals surface area contributed by atoms with Gasteiger partial charge in [0, 0.05) is 17.6 Å². The van der Waals surface area contributed by atoms with Gasteiger partial charge in [0.1, 0.15) is 22.1 Å². The Balaban J connectivity index is 1.19. The van der Waals surface area contributed by atoms with Crippen molar-refractivity contribution < 1.29 is 63.4 Å². The maximum Gasteiger partial charge on any atom is 0.397 e. The van der Waals surface area contributed by atoms with E-state index < -0.39 is 54.2 Å². The number of aliphatic hydroxyl groups excluding tert-OH is 1. The van der Waals surface area contributed by atoms with E-state index in [0.717, 1.165) is 43.9 Å². The highest BCUT2D eigenvalue weighted by molar-refractivity contribution is 7.94. The molecule has 0 saturated heterocycles. The van der Waals surface area contributed by atoms with Gasteiger partial charge >= 0.3 is 10.4 Å². The predicted molar refractivity (Wildman–Crippen MR) is 251 cm³/mol. The van der Waals surface area contributed by atoms with Crippen molar-refractivity contribution in [3.63, 3.8) is 0 Å². The molecule has 6 aromatic rings. The number of benzene rings is 5. The van der Waals surface area contributed by atoms with Gasteiger partial charge in [0.15, 0.2) is 15.6 Å². The number of fused-ring (bicyclic) bond motifs is 2. The van der Waals surface area contributed by atoms with E-state index in [-0.39, 0.29) is 68.2 Å². The molecule has 0 bridgehead atoms. The van der Waals surface area contributed by atoms with E-state index in [2.05, 4.69) is 60.6 Å². The van der Waals surface area contributed by atoms with Crippen molar-refractivity contribution in [3.05, 3.63) is 95.3 Å². The number of nitrogens with zero attached hydrogens (tertiary/aromatic N) is 7. The van der Waals surface area contributed by atoms with Gasteiger partial charge in [-0.15, -0.1) is 14.6 Å². The second-order valence-electron chi connectivity index (χ2n) is 15.0. The minimum atomic E-state index is -4.90. The molecule has 0 aliphatic heterocycles. The van der Waals surface area contributed by atoms with Gasteiger partial charge in [-0.3, -0.25) is 9.11 Å². The average Bonchev–Trinajstić information content (AvgIpc) is 3.29. The number of aromatic nitrogens is 3. The number of hydrogen-bond acceptors (Lipinski definition) is 23. The number of aliphatic hydroxyl groups is 1. The van der Waals surface area contributed by atoms with Gasteiger partial charge < -0.3 is 26.2 Å². The first kappa shape index (κ1) is 50.6. The lowest BCUT2D eigenvalue weighted by atomic mass is 9.91. The lowest BCUT2D eigenvalue weighted by molar-refractivity contribution is -0.432. The summed E-state index contributed by atoms with van der Waals surface area (Å²) in [4.78, 5) is 12.7. The molecule has 5 aromatic carbocycles. The van der Waals surface area contributed by atoms with Crippen LogP contribution in [0, 0.1) is 13.8 Å². The zero-order valence-electron chi connectivity index (χ0n) is 36.3. The van der Waals surface area contributed by atoms with Crippen LogP contribution >= 0.6 is 12.0 Å². The molecule has 0 spiro atoms. The third kappa shape index (κ3) is 12.9. The van der Waals surface area contributed by atoms with Crippen LogP contribution in [0.1, 0.15) is 35.4 Å². The van der Waals surface area contributed by atoms with Gasteiger partial charge in [-0.1, -0.05) is 11.1 Å². The van der Waals surface area contributed by atoms with Gasteiger partial charge in [0.25, 0.3) is 10.1 Å². The SMILES string of the molecule is Cc1nc(Nc2cc(NCCO)c(S(=O)(=O)O)cc2N=Nc2ccc(S(=O)(=O)CCOS(=O)(=O)O)cc2)nc(Nc2ccc3c(O)c(N=Nc4ccc5c(c4)CCCC5)c(SOOO)cc3c2C)n1. The second kappa shape index (κ2) is 21.5. The molecule has 69 heavy (non-hydrogen) atoms. The van der Waals surface area contributed by atoms with Crippen molar-refractivity contribution in [2.24, 2.45) is 20.5 Å². The molecule has 1 aromatic heterocycles. The van der Waals surface area contributed by atoms with Crippen LogP contribution in [0.2, 0.25) is 0 Å². The Labute approximate surface area is 398 Å². The molecule has 0 saturated carbocycles. The summed E-state index contributed by atoms with van der Waals surface area (Å²) in [6.45, 7) is 1.99. The smallest absolute Gasteiger partial charge is 0.397 e. The zero-order chi connectivity index (χ0) is 49.5. The lowest BCUT2D eigenvalue weighted by Gasteiger charge is -2.16. The van der Waals surface area contributed by atoms with Crippen molar-refractivity contribution in [2.75, 3.05) is 41.5 Å². The second-order valence-corrected chi connectivity index (χ2v) is 20.4. The highest BCUT2D eigenvalue weighted by atomic mass is 32.3. The van der Waals surface area contributed by atoms with Gasteiger partial charge in [-0.2, -0.15) is 42.0 Å². The summed E-state index contributed by atoms with van der Waals surface area (Å²) in [6, 6.07) is 17.9. The fourth-order valence-electron chi connectivity index (χ4n) is 7.13. The fraction of sp³-hybridized carbons (Fsp3) is 0.244. The lowest BCUT2D eigenvalue weighted by Crippen LogP contribution is -2.15. The van der Waals surface area contributed by atoms with Crippen LogP contribution in [0.3, 0.4) is 0 Å². The molecule has 28 heteroatoms. The maximum absolute atomic E-state index is 12.7. The zero-order valence-corrected chi connectivity index (χ0v) is 39.5. The van der Waals surface area contributed by atoms with Gasteiger partial charge in [-0.25, -0.2) is 17.9 Å². The predicted octanol–water partition coefficient (Wildman–Crippen LogP) is 8.22. The van der Waals surface area contributed by atoms with E-state index in [1.807, 2.05) is 18.2 Å². The molecule has 1 aliphatic carbocycles. The molecule has 0 amide bonds. The number of phenolic OH excluding ortho intramolecular Hbond substituents is 1. The number of nitrogens with one attached hydrogen (secondary N) is 3. The van der Waals surface area contributed by atoms with Crippen LogP contribution in [0.4, 0.5) is 51.7 Å². The minimum absolute atomic E-state index is 0.0368. The Morgan fingerprint density at radius 3 is 2.10 bits per heavy atom. The number of hydrogen-bond donors (Lipinski definition) is 8. The number of rotatable bonds is 20. The van der Waals surface area contributed by atoms with E-state index in [1.165, 1.54) is 29.3 Å². The third-order valence-corrected chi connectivity index (χ3v) is 14.0. The molecule has 7 rings (SSSR count). The molecule has 8 N–H and O–H groups in total. The van der Waals surface area contributed by atoms with Gasteiger partial charge in [0.05, 0.1) is 63.5 Å². The number of azo groups is 2. The number of aromatic hydroxyl groups is 1. The summed E-state index contributed by atoms with van der Waals surface area (Å²) < 4.78 is 99.8. The van der Waals surface area contributed by atoms with E-state index in [4.69, 9.17) is 14.1 Å². The molecule has 364 valence electrons. The van der Waals surface area contributed by atoms with Crippen molar-refractivity contribution in [1.82, 2.24) is 15.0 Å². The molecular formula is C41H42N10O14S4. The van der Waals surface area contributed by atoms with Crippen LogP contribution in [0.5, 0.6) is 5.75 Å². The summed E-state index contributed by atoms with van der Waals surface area (Å²) >= 11 is 0.598. The van der Waals surface area contributed by atoms with Crippen molar-refractivity contribution in [3.8, 4) is 5.75 Å². The molecular weight excluding hydrogens is 985 g/mol. The molecule has 0 fully saturated rings. The molecule has 0 atom stereocenters. The maximum atomic E-state index is 12.7. The Morgan fingerprint density at radius 2 is 1.42 bits per heavy atom. The first-order chi connectivity index (χ1) is 32.8. The van der Waals surface area contributed by atoms with Gasteiger partial charge in [-0.05, 0) is 128 Å². The molecule has 0 radical (unpaired) electrons. The van der Waals surface area contributed by atoms with E-state index in [0.29, 0.717) is 39.8 Å². The number of phenols is 1. The Morgan fingerprint density at radius 1 is 0.739 bits per heavy atom. The van der Waals surface area contributed by atoms with Crippen LogP contribution in [-0.2, 0) is 56.8 Å². The highest BCUT2D eigenvalue weighted by Crippen LogP contribution is 2.46.